The van der Waals surface area contributed by atoms with E-state index in [-0.39, 0.29) is 11.5 Å². The van der Waals surface area contributed by atoms with Crippen LogP contribution in [-0.2, 0) is 13.6 Å². The molecule has 0 bridgehead atoms. The molecule has 3 unspecified atom stereocenters. The van der Waals surface area contributed by atoms with Crippen LogP contribution in [0.3, 0.4) is 0 Å². The van der Waals surface area contributed by atoms with Crippen molar-refractivity contribution in [1.29, 1.82) is 0 Å². The minimum Gasteiger partial charge on any atom is -0.415 e. The third-order valence-electron chi connectivity index (χ3n) is 9.35. The predicted octanol–water partition coefficient (Wildman–Crippen LogP) is 6.65. The Morgan fingerprint density at radius 3 is 2.10 bits per heavy atom. The second kappa shape index (κ2) is 7.53. The lowest BCUT2D eigenvalue weighted by Gasteiger charge is -2.60. The van der Waals surface area contributed by atoms with Gasteiger partial charge in [-0.15, -0.1) is 0 Å². The van der Waals surface area contributed by atoms with Crippen molar-refractivity contribution in [3.8, 4) is 0 Å². The van der Waals surface area contributed by atoms with Gasteiger partial charge in [0.25, 0.3) is 0 Å². The maximum Gasteiger partial charge on any atom is 0.184 e. The van der Waals surface area contributed by atoms with E-state index in [0.717, 1.165) is 30.6 Å². The Morgan fingerprint density at radius 2 is 1.47 bits per heavy atom. The number of hydrogen-bond donors (Lipinski definition) is 0. The molecule has 5 heteroatoms. The molecule has 4 aliphatic rings. The van der Waals surface area contributed by atoms with Gasteiger partial charge in [-0.3, -0.25) is 4.79 Å². The van der Waals surface area contributed by atoms with Gasteiger partial charge >= 0.3 is 0 Å². The lowest BCUT2D eigenvalue weighted by atomic mass is 9.45. The van der Waals surface area contributed by atoms with Gasteiger partial charge in [-0.1, -0.05) is 13.8 Å². The lowest BCUT2D eigenvalue weighted by Crippen LogP contribution is -2.54. The highest BCUT2D eigenvalue weighted by Crippen LogP contribution is 2.65. The molecule has 4 rings (SSSR count). The van der Waals surface area contributed by atoms with Crippen LogP contribution in [0.5, 0.6) is 0 Å². The molecule has 0 heterocycles. The Morgan fingerprint density at radius 1 is 0.800 bits per heavy atom. The van der Waals surface area contributed by atoms with E-state index in [9.17, 15) is 4.79 Å². The summed E-state index contributed by atoms with van der Waals surface area (Å²) < 4.78 is 13.0. The van der Waals surface area contributed by atoms with Gasteiger partial charge in [-0.25, -0.2) is 0 Å². The normalized spacial score (nSPS) is 46.9. The number of rotatable bonds is 4. The molecule has 4 saturated carbocycles. The maximum atomic E-state index is 13.4. The van der Waals surface area contributed by atoms with Crippen LogP contribution in [0.1, 0.15) is 65.2 Å². The molecule has 0 saturated heterocycles. The van der Waals surface area contributed by atoms with E-state index in [1.165, 1.54) is 38.5 Å². The summed E-state index contributed by atoms with van der Waals surface area (Å²) in [5, 5.41) is 0. The molecule has 0 aromatic carbocycles. The van der Waals surface area contributed by atoms with Gasteiger partial charge in [-0.2, -0.15) is 0 Å². The summed E-state index contributed by atoms with van der Waals surface area (Å²) in [7, 11) is -3.18. The second-order valence-corrected chi connectivity index (χ2v) is 22.5. The highest BCUT2D eigenvalue weighted by molar-refractivity contribution is 6.70. The molecule has 30 heavy (non-hydrogen) atoms. The van der Waals surface area contributed by atoms with Gasteiger partial charge in [0.15, 0.2) is 22.4 Å². The number of Topliss-reactive ketones (excluding diaryl/α,β-unsaturated/α-hetero) is 1. The summed E-state index contributed by atoms with van der Waals surface area (Å²) in [4.78, 5) is 13.4. The number of hydrogen-bond acceptors (Lipinski definition) is 3. The van der Waals surface area contributed by atoms with E-state index in [1.807, 2.05) is 0 Å². The topological polar surface area (TPSA) is 35.5 Å². The Kier molecular flexibility index (Phi) is 5.82. The third kappa shape index (κ3) is 4.06. The molecule has 0 aromatic rings. The molecule has 4 aliphatic carbocycles. The van der Waals surface area contributed by atoms with Crippen molar-refractivity contribution in [3.63, 3.8) is 0 Å². The SMILES string of the molecule is C[C@]12CCC3C(CC[C@@H]4C[C@H](O[Si](C)(C)C)CC[C@]34C)C1C[C@@H](O[Si](C)(C)C)C2=O. The molecule has 8 atom stereocenters. The fraction of sp³-hybridized carbons (Fsp3) is 0.960. The van der Waals surface area contributed by atoms with Gasteiger partial charge < -0.3 is 8.85 Å². The smallest absolute Gasteiger partial charge is 0.184 e. The van der Waals surface area contributed by atoms with Gasteiger partial charge in [0, 0.05) is 11.5 Å². The van der Waals surface area contributed by atoms with Crippen LogP contribution in [0.15, 0.2) is 0 Å². The molecule has 3 nitrogen and oxygen atoms in total. The van der Waals surface area contributed by atoms with Crippen molar-refractivity contribution in [1.82, 2.24) is 0 Å². The summed E-state index contributed by atoms with van der Waals surface area (Å²) in [5.74, 6) is 3.30. The minimum absolute atomic E-state index is 0.128. The quantitative estimate of drug-likeness (QED) is 0.450. The van der Waals surface area contributed by atoms with Gasteiger partial charge in [0.2, 0.25) is 0 Å². The van der Waals surface area contributed by atoms with Crippen molar-refractivity contribution < 1.29 is 13.6 Å². The van der Waals surface area contributed by atoms with Crippen LogP contribution >= 0.6 is 0 Å². The largest absolute Gasteiger partial charge is 0.415 e. The summed E-state index contributed by atoms with van der Waals surface area (Å²) in [6, 6.07) is 0. The van der Waals surface area contributed by atoms with E-state index >= 15 is 0 Å². The summed E-state index contributed by atoms with van der Waals surface area (Å²) in [6.07, 6.45) is 10.2. The van der Waals surface area contributed by atoms with E-state index in [4.69, 9.17) is 8.85 Å². The van der Waals surface area contributed by atoms with Crippen LogP contribution < -0.4 is 0 Å². The van der Waals surface area contributed by atoms with Crippen LogP contribution in [0, 0.1) is 34.5 Å². The zero-order valence-electron chi connectivity index (χ0n) is 20.8. The predicted molar refractivity (Wildman–Crippen MR) is 129 cm³/mol. The van der Waals surface area contributed by atoms with Crippen LogP contribution in [-0.4, -0.2) is 34.6 Å². The zero-order valence-corrected chi connectivity index (χ0v) is 22.8. The van der Waals surface area contributed by atoms with Crippen molar-refractivity contribution in [3.05, 3.63) is 0 Å². The molecule has 0 aromatic heterocycles. The second-order valence-electron chi connectivity index (χ2n) is 13.6. The van der Waals surface area contributed by atoms with E-state index in [2.05, 4.69) is 53.1 Å². The fourth-order valence-electron chi connectivity index (χ4n) is 8.12. The zero-order chi connectivity index (χ0) is 22.1. The fourth-order valence-corrected chi connectivity index (χ4v) is 10.4. The van der Waals surface area contributed by atoms with Crippen molar-refractivity contribution >= 4 is 22.4 Å². The standard InChI is InChI=1S/C25H46O3Si2/c1-24-13-11-18(27-29(3,4)5)15-17(24)9-10-19-20(24)12-14-25(2)21(19)16-22(23(25)26)28-30(6,7)8/h17-22H,9-16H2,1-8H3/t17-,18-,19?,20?,21?,22-,24+,25+/m1/s1. The van der Waals surface area contributed by atoms with Gasteiger partial charge in [0.1, 0.15) is 6.10 Å². The highest BCUT2D eigenvalue weighted by atomic mass is 28.4. The first-order valence-corrected chi connectivity index (χ1v) is 19.4. The molecular formula is C25H46O3Si2. The lowest BCUT2D eigenvalue weighted by molar-refractivity contribution is -0.143. The van der Waals surface area contributed by atoms with Crippen LogP contribution in [0.2, 0.25) is 39.3 Å². The number of carbonyl (C=O) groups is 1. The first kappa shape index (κ1) is 23.2. The molecule has 4 fully saturated rings. The molecule has 0 radical (unpaired) electrons. The van der Waals surface area contributed by atoms with E-state index in [1.54, 1.807) is 0 Å². The minimum atomic E-state index is -1.71. The number of carbonyl (C=O) groups excluding carboxylic acids is 1. The molecular weight excluding hydrogens is 404 g/mol. The Hall–Kier alpha value is 0.0238. The average molecular weight is 451 g/mol. The third-order valence-corrected chi connectivity index (χ3v) is 11.4. The molecule has 0 amide bonds. The highest BCUT2D eigenvalue weighted by Gasteiger charge is 2.62. The van der Waals surface area contributed by atoms with Gasteiger partial charge in [-0.05, 0) is 120 Å². The van der Waals surface area contributed by atoms with E-state index < -0.39 is 16.6 Å². The molecule has 172 valence electrons. The van der Waals surface area contributed by atoms with Crippen molar-refractivity contribution in [2.45, 2.75) is 117 Å². The molecule has 0 spiro atoms. The van der Waals surface area contributed by atoms with Crippen molar-refractivity contribution in [2.24, 2.45) is 34.5 Å². The summed E-state index contributed by atoms with van der Waals surface area (Å²) in [6.45, 7) is 18.6. The Balaban J connectivity index is 1.51. The van der Waals surface area contributed by atoms with Crippen LogP contribution in [0.25, 0.3) is 0 Å². The van der Waals surface area contributed by atoms with Crippen molar-refractivity contribution in [2.75, 3.05) is 0 Å². The maximum absolute atomic E-state index is 13.4. The molecule has 0 aliphatic heterocycles. The van der Waals surface area contributed by atoms with E-state index in [0.29, 0.717) is 23.2 Å². The molecule has 0 N–H and O–H groups in total. The Labute approximate surface area is 187 Å². The summed E-state index contributed by atoms with van der Waals surface area (Å²) in [5.41, 5.74) is 0.317. The van der Waals surface area contributed by atoms with Gasteiger partial charge in [0.05, 0.1) is 0 Å². The van der Waals surface area contributed by atoms with Crippen LogP contribution in [0.4, 0.5) is 0 Å². The first-order valence-electron chi connectivity index (χ1n) is 12.6. The monoisotopic (exact) mass is 450 g/mol. The average Bonchev–Trinajstić information content (AvgIpc) is 2.84. The Bertz CT molecular complexity index is 681. The first-order chi connectivity index (χ1) is 13.7. The summed E-state index contributed by atoms with van der Waals surface area (Å²) >= 11 is 0. The number of ketones is 1. The number of fused-ring (bicyclic) bond motifs is 5.